The van der Waals surface area contributed by atoms with Crippen LogP contribution in [0.1, 0.15) is 0 Å². The lowest BCUT2D eigenvalue weighted by Crippen LogP contribution is -1.82. The smallest absolute Gasteiger partial charge is 0.0895 e. The third kappa shape index (κ3) is 1.36. The Labute approximate surface area is 92.3 Å². The van der Waals surface area contributed by atoms with Crippen LogP contribution in [0, 0.1) is 0 Å². The number of nitrogens with zero attached hydrogens (tertiary/aromatic N) is 1. The Morgan fingerprint density at radius 2 is 1.67 bits per heavy atom. The third-order valence-electron chi connectivity index (χ3n) is 2.50. The molecule has 0 aliphatic heterocycles. The molecule has 0 bridgehead atoms. The summed E-state index contributed by atoms with van der Waals surface area (Å²) in [5, 5.41) is 2.94. The van der Waals surface area contributed by atoms with Crippen molar-refractivity contribution in [2.45, 2.75) is 0 Å². The summed E-state index contributed by atoms with van der Waals surface area (Å²) in [6.07, 6.45) is 0. The predicted molar refractivity (Wildman–Crippen MR) is 64.3 cm³/mol. The monoisotopic (exact) mass is 213 g/mol. The van der Waals surface area contributed by atoms with Crippen molar-refractivity contribution in [2.75, 3.05) is 0 Å². The van der Waals surface area contributed by atoms with E-state index in [-0.39, 0.29) is 0 Å². The topological polar surface area (TPSA) is 12.9 Å². The van der Waals surface area contributed by atoms with E-state index in [1.807, 2.05) is 36.4 Å². The van der Waals surface area contributed by atoms with E-state index in [9.17, 15) is 0 Å². The number of hydrogen-bond acceptors (Lipinski definition) is 1. The fourth-order valence-corrected chi connectivity index (χ4v) is 1.99. The van der Waals surface area contributed by atoms with Crippen molar-refractivity contribution in [2.24, 2.45) is 0 Å². The Bertz CT molecular complexity index is 646. The normalized spacial score (nSPS) is 11.0. The van der Waals surface area contributed by atoms with Crippen molar-refractivity contribution < 1.29 is 0 Å². The van der Waals surface area contributed by atoms with Gasteiger partial charge in [-0.1, -0.05) is 41.9 Å². The molecule has 0 radical (unpaired) electrons. The van der Waals surface area contributed by atoms with Crippen molar-refractivity contribution in [3.8, 4) is 0 Å². The van der Waals surface area contributed by atoms with Gasteiger partial charge in [-0.2, -0.15) is 0 Å². The van der Waals surface area contributed by atoms with Crippen LogP contribution in [0.4, 0.5) is 0 Å². The van der Waals surface area contributed by atoms with Crippen LogP contribution in [0.15, 0.2) is 48.5 Å². The Hall–Kier alpha value is -1.60. The van der Waals surface area contributed by atoms with Gasteiger partial charge in [0.05, 0.1) is 16.1 Å². The molecule has 1 nitrogen and oxygen atoms in total. The maximum atomic E-state index is 6.09. The van der Waals surface area contributed by atoms with Gasteiger partial charge in [0.15, 0.2) is 0 Å². The lowest BCUT2D eigenvalue weighted by molar-refractivity contribution is 1.50. The average Bonchev–Trinajstić information content (AvgIpc) is 2.27. The van der Waals surface area contributed by atoms with Crippen LogP contribution in [0.2, 0.25) is 5.02 Å². The molecule has 2 heteroatoms. The third-order valence-corrected chi connectivity index (χ3v) is 2.80. The molecule has 1 heterocycles. The first-order chi connectivity index (χ1) is 7.34. The largest absolute Gasteiger partial charge is 0.246 e. The van der Waals surface area contributed by atoms with Crippen molar-refractivity contribution >= 4 is 33.4 Å². The lowest BCUT2D eigenvalue weighted by atomic mass is 10.1. The summed E-state index contributed by atoms with van der Waals surface area (Å²) in [6, 6.07) is 16.0. The molecule has 0 saturated heterocycles. The molecular weight excluding hydrogens is 206 g/mol. The molecule has 3 aromatic rings. The first-order valence-corrected chi connectivity index (χ1v) is 5.16. The van der Waals surface area contributed by atoms with Crippen molar-refractivity contribution in [1.29, 1.82) is 0 Å². The molecule has 0 atom stereocenters. The van der Waals surface area contributed by atoms with E-state index in [0.717, 1.165) is 21.8 Å². The summed E-state index contributed by atoms with van der Waals surface area (Å²) >= 11 is 6.09. The van der Waals surface area contributed by atoms with E-state index in [0.29, 0.717) is 5.02 Å². The Kier molecular flexibility index (Phi) is 1.86. The molecular formula is C13H8ClN. The van der Waals surface area contributed by atoms with Crippen molar-refractivity contribution in [1.82, 2.24) is 4.98 Å². The SMILES string of the molecule is Clc1cccc2cc3ccccc3nc12. The molecule has 15 heavy (non-hydrogen) atoms. The van der Waals surface area contributed by atoms with Crippen LogP contribution in [0.25, 0.3) is 21.8 Å². The second-order valence-electron chi connectivity index (χ2n) is 3.49. The minimum Gasteiger partial charge on any atom is -0.246 e. The van der Waals surface area contributed by atoms with Crippen molar-refractivity contribution in [3.63, 3.8) is 0 Å². The highest BCUT2D eigenvalue weighted by molar-refractivity contribution is 6.35. The molecule has 0 spiro atoms. The lowest BCUT2D eigenvalue weighted by Gasteiger charge is -2.02. The van der Waals surface area contributed by atoms with Crippen LogP contribution in [-0.2, 0) is 0 Å². The second kappa shape index (κ2) is 3.21. The molecule has 0 aliphatic carbocycles. The number of aromatic nitrogens is 1. The summed E-state index contributed by atoms with van der Waals surface area (Å²) < 4.78 is 0. The van der Waals surface area contributed by atoms with Gasteiger partial charge in [-0.25, -0.2) is 4.98 Å². The van der Waals surface area contributed by atoms with Gasteiger partial charge in [0.2, 0.25) is 0 Å². The van der Waals surface area contributed by atoms with Crippen LogP contribution in [-0.4, -0.2) is 4.98 Å². The number of para-hydroxylation sites is 2. The molecule has 72 valence electrons. The van der Waals surface area contributed by atoms with Crippen LogP contribution < -0.4 is 0 Å². The summed E-state index contributed by atoms with van der Waals surface area (Å²) in [5.41, 5.74) is 1.86. The van der Waals surface area contributed by atoms with E-state index in [4.69, 9.17) is 11.6 Å². The minimum atomic E-state index is 0.707. The number of fused-ring (bicyclic) bond motifs is 2. The highest BCUT2D eigenvalue weighted by Crippen LogP contribution is 2.24. The van der Waals surface area contributed by atoms with Crippen molar-refractivity contribution in [3.05, 3.63) is 53.6 Å². The molecule has 0 amide bonds. The van der Waals surface area contributed by atoms with Crippen LogP contribution >= 0.6 is 11.6 Å². The van der Waals surface area contributed by atoms with Gasteiger partial charge in [-0.15, -0.1) is 0 Å². The second-order valence-corrected chi connectivity index (χ2v) is 3.90. The Morgan fingerprint density at radius 1 is 0.867 bits per heavy atom. The van der Waals surface area contributed by atoms with E-state index in [1.165, 1.54) is 0 Å². The molecule has 1 aromatic heterocycles. The molecule has 0 N–H and O–H groups in total. The summed E-state index contributed by atoms with van der Waals surface area (Å²) in [6.45, 7) is 0. The Morgan fingerprint density at radius 3 is 2.60 bits per heavy atom. The molecule has 0 unspecified atom stereocenters. The molecule has 3 rings (SSSR count). The first kappa shape index (κ1) is 8.69. The Balaban J connectivity index is 2.53. The number of halogens is 1. The van der Waals surface area contributed by atoms with E-state index >= 15 is 0 Å². The number of benzene rings is 2. The quantitative estimate of drug-likeness (QED) is 0.514. The van der Waals surface area contributed by atoms with Crippen LogP contribution in [0.5, 0.6) is 0 Å². The highest BCUT2D eigenvalue weighted by Gasteiger charge is 2.01. The minimum absolute atomic E-state index is 0.707. The zero-order valence-electron chi connectivity index (χ0n) is 7.94. The maximum absolute atomic E-state index is 6.09. The van der Waals surface area contributed by atoms with Gasteiger partial charge in [0.25, 0.3) is 0 Å². The van der Waals surface area contributed by atoms with E-state index in [2.05, 4.69) is 17.1 Å². The fraction of sp³-hybridized carbons (Fsp3) is 0. The van der Waals surface area contributed by atoms with Gasteiger partial charge < -0.3 is 0 Å². The zero-order valence-corrected chi connectivity index (χ0v) is 8.70. The molecule has 0 fully saturated rings. The van der Waals surface area contributed by atoms with E-state index in [1.54, 1.807) is 0 Å². The van der Waals surface area contributed by atoms with Crippen LogP contribution in [0.3, 0.4) is 0 Å². The zero-order chi connectivity index (χ0) is 10.3. The standard InChI is InChI=1S/C13H8ClN/c14-11-6-3-5-10-8-9-4-1-2-7-12(9)15-13(10)11/h1-8H. The predicted octanol–water partition coefficient (Wildman–Crippen LogP) is 4.04. The number of rotatable bonds is 0. The number of pyridine rings is 1. The summed E-state index contributed by atoms with van der Waals surface area (Å²) in [4.78, 5) is 4.55. The van der Waals surface area contributed by atoms with Gasteiger partial charge in [-0.05, 0) is 18.2 Å². The average molecular weight is 214 g/mol. The van der Waals surface area contributed by atoms with Gasteiger partial charge in [0, 0.05) is 10.8 Å². The molecule has 0 saturated carbocycles. The maximum Gasteiger partial charge on any atom is 0.0895 e. The number of hydrogen-bond donors (Lipinski definition) is 0. The molecule has 0 aliphatic rings. The highest BCUT2D eigenvalue weighted by atomic mass is 35.5. The van der Waals surface area contributed by atoms with Gasteiger partial charge in [-0.3, -0.25) is 0 Å². The summed E-state index contributed by atoms with van der Waals surface area (Å²) in [5.74, 6) is 0. The van der Waals surface area contributed by atoms with Gasteiger partial charge >= 0.3 is 0 Å². The van der Waals surface area contributed by atoms with Gasteiger partial charge in [0.1, 0.15) is 0 Å². The van der Waals surface area contributed by atoms with E-state index < -0.39 is 0 Å². The molecule has 2 aromatic carbocycles. The summed E-state index contributed by atoms with van der Waals surface area (Å²) in [7, 11) is 0. The first-order valence-electron chi connectivity index (χ1n) is 4.78. The fourth-order valence-electron chi connectivity index (χ4n) is 1.77.